The van der Waals surface area contributed by atoms with Gasteiger partial charge in [0.15, 0.2) is 0 Å². The summed E-state index contributed by atoms with van der Waals surface area (Å²) in [5, 5.41) is 2.85. The zero-order valence-corrected chi connectivity index (χ0v) is 16.5. The smallest absolute Gasteiger partial charge is 0.248 e. The molecule has 0 heterocycles. The van der Waals surface area contributed by atoms with Gasteiger partial charge < -0.3 is 14.8 Å². The van der Waals surface area contributed by atoms with Crippen molar-refractivity contribution in [2.75, 3.05) is 18.5 Å². The van der Waals surface area contributed by atoms with Crippen molar-refractivity contribution in [1.29, 1.82) is 0 Å². The lowest BCUT2D eigenvalue weighted by Gasteiger charge is -2.08. The van der Waals surface area contributed by atoms with E-state index in [0.717, 1.165) is 29.2 Å². The van der Waals surface area contributed by atoms with Crippen LogP contribution < -0.4 is 14.8 Å². The highest BCUT2D eigenvalue weighted by Gasteiger charge is 2.00. The van der Waals surface area contributed by atoms with Crippen LogP contribution in [0.5, 0.6) is 11.5 Å². The molecule has 148 valence electrons. The van der Waals surface area contributed by atoms with E-state index in [-0.39, 0.29) is 5.91 Å². The topological polar surface area (TPSA) is 47.6 Å². The molecule has 29 heavy (non-hydrogen) atoms. The van der Waals surface area contributed by atoms with Gasteiger partial charge in [-0.15, -0.1) is 0 Å². The predicted molar refractivity (Wildman–Crippen MR) is 117 cm³/mol. The molecule has 1 N–H and O–H groups in total. The van der Waals surface area contributed by atoms with Crippen LogP contribution in [0.15, 0.2) is 84.9 Å². The molecule has 3 aromatic rings. The van der Waals surface area contributed by atoms with Crippen LogP contribution in [0.3, 0.4) is 0 Å². The molecule has 0 aliphatic heterocycles. The molecule has 0 fully saturated rings. The van der Waals surface area contributed by atoms with Gasteiger partial charge in [0.25, 0.3) is 0 Å². The van der Waals surface area contributed by atoms with Gasteiger partial charge in [0.2, 0.25) is 5.91 Å². The second-order valence-electron chi connectivity index (χ2n) is 6.43. The Morgan fingerprint density at radius 1 is 0.862 bits per heavy atom. The Labute approximate surface area is 171 Å². The normalized spacial score (nSPS) is 10.7. The van der Waals surface area contributed by atoms with Crippen molar-refractivity contribution in [3.05, 3.63) is 96.1 Å². The monoisotopic (exact) mass is 387 g/mol. The number of rotatable bonds is 9. The summed E-state index contributed by atoms with van der Waals surface area (Å²) in [5.74, 6) is 1.42. The zero-order valence-electron chi connectivity index (χ0n) is 16.5. The minimum Gasteiger partial charge on any atom is -0.494 e. The van der Waals surface area contributed by atoms with E-state index in [4.69, 9.17) is 9.47 Å². The van der Waals surface area contributed by atoms with Crippen molar-refractivity contribution in [3.8, 4) is 11.5 Å². The van der Waals surface area contributed by atoms with Gasteiger partial charge in [-0.25, -0.2) is 0 Å². The van der Waals surface area contributed by atoms with Crippen LogP contribution in [0.4, 0.5) is 5.69 Å². The van der Waals surface area contributed by atoms with Crippen LogP contribution in [0.1, 0.15) is 18.1 Å². The molecule has 0 radical (unpaired) electrons. The standard InChI is InChI=1S/C25H25NO3/c1-2-28-23-13-8-21(9-14-23)10-17-25(27)26-22-11-15-24(16-12-22)29-19-18-20-6-4-3-5-7-20/h3-17H,2,18-19H2,1H3,(H,26,27)/b17-10+. The average molecular weight is 387 g/mol. The van der Waals surface area contributed by atoms with Crippen LogP contribution in [-0.4, -0.2) is 19.1 Å². The number of hydrogen-bond donors (Lipinski definition) is 1. The van der Waals surface area contributed by atoms with E-state index >= 15 is 0 Å². The minimum atomic E-state index is -0.184. The van der Waals surface area contributed by atoms with E-state index < -0.39 is 0 Å². The maximum atomic E-state index is 12.1. The van der Waals surface area contributed by atoms with Crippen LogP contribution in [0, 0.1) is 0 Å². The quantitative estimate of drug-likeness (QED) is 0.503. The third kappa shape index (κ3) is 6.85. The lowest BCUT2D eigenvalue weighted by molar-refractivity contribution is -0.111. The number of benzene rings is 3. The molecule has 0 aliphatic rings. The molecule has 0 aliphatic carbocycles. The molecule has 0 atom stereocenters. The van der Waals surface area contributed by atoms with Gasteiger partial charge in [-0.1, -0.05) is 42.5 Å². The molecule has 1 amide bonds. The van der Waals surface area contributed by atoms with E-state index in [9.17, 15) is 4.79 Å². The SMILES string of the molecule is CCOc1ccc(/C=C/C(=O)Nc2ccc(OCCc3ccccc3)cc2)cc1. The van der Waals surface area contributed by atoms with Crippen LogP contribution in [-0.2, 0) is 11.2 Å². The van der Waals surface area contributed by atoms with Gasteiger partial charge in [0.1, 0.15) is 11.5 Å². The van der Waals surface area contributed by atoms with E-state index in [1.807, 2.05) is 73.7 Å². The van der Waals surface area contributed by atoms with Crippen molar-refractivity contribution >= 4 is 17.7 Å². The molecule has 4 heteroatoms. The molecule has 3 aromatic carbocycles. The Hall–Kier alpha value is -3.53. The van der Waals surface area contributed by atoms with Crippen molar-refractivity contribution < 1.29 is 14.3 Å². The first-order chi connectivity index (χ1) is 14.2. The molecule has 0 saturated carbocycles. The molecule has 0 saturated heterocycles. The maximum absolute atomic E-state index is 12.1. The van der Waals surface area contributed by atoms with Crippen molar-refractivity contribution in [3.63, 3.8) is 0 Å². The number of carbonyl (C=O) groups is 1. The highest BCUT2D eigenvalue weighted by atomic mass is 16.5. The number of nitrogens with one attached hydrogen (secondary N) is 1. The van der Waals surface area contributed by atoms with Crippen molar-refractivity contribution in [2.45, 2.75) is 13.3 Å². The van der Waals surface area contributed by atoms with E-state index in [1.54, 1.807) is 6.08 Å². The van der Waals surface area contributed by atoms with Gasteiger partial charge in [0.05, 0.1) is 13.2 Å². The second-order valence-corrected chi connectivity index (χ2v) is 6.43. The minimum absolute atomic E-state index is 0.184. The number of amides is 1. The van der Waals surface area contributed by atoms with E-state index in [0.29, 0.717) is 13.2 Å². The third-order valence-electron chi connectivity index (χ3n) is 4.24. The van der Waals surface area contributed by atoms with Gasteiger partial charge >= 0.3 is 0 Å². The van der Waals surface area contributed by atoms with Gasteiger partial charge in [-0.05, 0) is 60.5 Å². The first-order valence-corrected chi connectivity index (χ1v) is 9.71. The summed E-state index contributed by atoms with van der Waals surface area (Å²) in [7, 11) is 0. The van der Waals surface area contributed by atoms with E-state index in [1.165, 1.54) is 11.6 Å². The van der Waals surface area contributed by atoms with Crippen LogP contribution >= 0.6 is 0 Å². The lowest BCUT2D eigenvalue weighted by Crippen LogP contribution is -2.07. The Morgan fingerprint density at radius 2 is 1.52 bits per heavy atom. The number of anilines is 1. The molecular weight excluding hydrogens is 362 g/mol. The second kappa shape index (κ2) is 10.7. The Balaban J connectivity index is 1.45. The third-order valence-corrected chi connectivity index (χ3v) is 4.24. The summed E-state index contributed by atoms with van der Waals surface area (Å²) in [6.07, 6.45) is 4.14. The molecule has 3 rings (SSSR count). The maximum Gasteiger partial charge on any atom is 0.248 e. The highest BCUT2D eigenvalue weighted by Crippen LogP contribution is 2.17. The fourth-order valence-corrected chi connectivity index (χ4v) is 2.76. The van der Waals surface area contributed by atoms with Gasteiger partial charge in [0, 0.05) is 18.2 Å². The molecule has 4 nitrogen and oxygen atoms in total. The Bertz CT molecular complexity index is 917. The fourth-order valence-electron chi connectivity index (χ4n) is 2.76. The molecule has 0 aromatic heterocycles. The van der Waals surface area contributed by atoms with Gasteiger partial charge in [-0.3, -0.25) is 4.79 Å². The predicted octanol–water partition coefficient (Wildman–Crippen LogP) is 5.36. The summed E-state index contributed by atoms with van der Waals surface area (Å²) in [4.78, 5) is 12.1. The fraction of sp³-hybridized carbons (Fsp3) is 0.160. The summed E-state index contributed by atoms with van der Waals surface area (Å²) in [6.45, 7) is 3.19. The summed E-state index contributed by atoms with van der Waals surface area (Å²) < 4.78 is 11.2. The molecular formula is C25H25NO3. The largest absolute Gasteiger partial charge is 0.494 e. The Morgan fingerprint density at radius 3 is 2.21 bits per heavy atom. The zero-order chi connectivity index (χ0) is 20.3. The summed E-state index contributed by atoms with van der Waals surface area (Å²) in [6, 6.07) is 25.2. The molecule has 0 spiro atoms. The number of hydrogen-bond acceptors (Lipinski definition) is 3. The van der Waals surface area contributed by atoms with E-state index in [2.05, 4.69) is 17.4 Å². The molecule has 0 unspecified atom stereocenters. The van der Waals surface area contributed by atoms with Crippen molar-refractivity contribution in [1.82, 2.24) is 0 Å². The van der Waals surface area contributed by atoms with Gasteiger partial charge in [-0.2, -0.15) is 0 Å². The summed E-state index contributed by atoms with van der Waals surface area (Å²) in [5.41, 5.74) is 2.91. The van der Waals surface area contributed by atoms with Crippen LogP contribution in [0.2, 0.25) is 0 Å². The number of ether oxygens (including phenoxy) is 2. The highest BCUT2D eigenvalue weighted by molar-refractivity contribution is 6.01. The molecule has 0 bridgehead atoms. The Kier molecular flexibility index (Phi) is 7.47. The number of carbonyl (C=O) groups excluding carboxylic acids is 1. The summed E-state index contributed by atoms with van der Waals surface area (Å²) >= 11 is 0. The first kappa shape index (κ1) is 20.2. The first-order valence-electron chi connectivity index (χ1n) is 9.71. The average Bonchev–Trinajstić information content (AvgIpc) is 2.75. The van der Waals surface area contributed by atoms with Crippen LogP contribution in [0.25, 0.3) is 6.08 Å². The lowest BCUT2D eigenvalue weighted by atomic mass is 10.2. The van der Waals surface area contributed by atoms with Crippen molar-refractivity contribution in [2.24, 2.45) is 0 Å².